The molecule has 156 valence electrons. The Kier molecular flexibility index (Phi) is 6.63. The molecule has 2 rings (SSSR count). The van der Waals surface area contributed by atoms with Crippen molar-refractivity contribution in [3.8, 4) is 0 Å². The lowest BCUT2D eigenvalue weighted by molar-refractivity contribution is -0.384. The van der Waals surface area contributed by atoms with Crippen molar-refractivity contribution >= 4 is 27.3 Å². The van der Waals surface area contributed by atoms with Crippen LogP contribution in [0.2, 0.25) is 0 Å². The van der Waals surface area contributed by atoms with Crippen LogP contribution in [0, 0.1) is 24.0 Å². The summed E-state index contributed by atoms with van der Waals surface area (Å²) in [5, 5.41) is 13.9. The topological polar surface area (TPSA) is 110 Å². The van der Waals surface area contributed by atoms with Gasteiger partial charge in [-0.25, -0.2) is 8.42 Å². The zero-order chi connectivity index (χ0) is 21.9. The van der Waals surface area contributed by atoms with Gasteiger partial charge in [0.15, 0.2) is 0 Å². The summed E-state index contributed by atoms with van der Waals surface area (Å²) >= 11 is 0. The molecule has 1 amide bonds. The van der Waals surface area contributed by atoms with Crippen LogP contribution in [0.5, 0.6) is 0 Å². The minimum absolute atomic E-state index is 0.0585. The zero-order valence-corrected chi connectivity index (χ0v) is 17.9. The second-order valence-corrected chi connectivity index (χ2v) is 8.95. The molecule has 0 spiro atoms. The molecular formula is C20H25N3O5S. The van der Waals surface area contributed by atoms with Gasteiger partial charge in [-0.2, -0.15) is 0 Å². The average molecular weight is 420 g/mol. The third-order valence-corrected chi connectivity index (χ3v) is 6.01. The molecule has 0 bridgehead atoms. The van der Waals surface area contributed by atoms with Crippen LogP contribution in [-0.4, -0.2) is 31.5 Å². The minimum atomic E-state index is -3.87. The van der Waals surface area contributed by atoms with Crippen LogP contribution in [0.25, 0.3) is 0 Å². The Morgan fingerprint density at radius 3 is 2.31 bits per heavy atom. The summed E-state index contributed by atoms with van der Waals surface area (Å²) in [4.78, 5) is 23.2. The predicted molar refractivity (Wildman–Crippen MR) is 112 cm³/mol. The number of benzene rings is 2. The SMILES string of the molecule is Cc1ccc([C@H](C)NC(=O)[C@@H](C)N(c2cccc([N+](=O)[O-])c2)S(C)(=O)=O)cc1C. The molecule has 0 aliphatic rings. The fraction of sp³-hybridized carbons (Fsp3) is 0.350. The maximum Gasteiger partial charge on any atom is 0.271 e. The highest BCUT2D eigenvalue weighted by molar-refractivity contribution is 7.92. The highest BCUT2D eigenvalue weighted by Crippen LogP contribution is 2.26. The fourth-order valence-corrected chi connectivity index (χ4v) is 4.17. The summed E-state index contributed by atoms with van der Waals surface area (Å²) in [6.45, 7) is 7.23. The minimum Gasteiger partial charge on any atom is -0.348 e. The first-order valence-electron chi connectivity index (χ1n) is 9.03. The maximum atomic E-state index is 12.8. The van der Waals surface area contributed by atoms with Gasteiger partial charge in [-0.1, -0.05) is 24.3 Å². The standard InChI is InChI=1S/C20H25N3O5S/c1-13-9-10-17(11-14(13)2)15(3)21-20(24)16(4)22(29(5,27)28)18-7-6-8-19(12-18)23(25)26/h6-12,15-16H,1-5H3,(H,21,24)/t15-,16+/m0/s1. The van der Waals surface area contributed by atoms with Gasteiger partial charge in [-0.3, -0.25) is 19.2 Å². The second-order valence-electron chi connectivity index (χ2n) is 7.09. The van der Waals surface area contributed by atoms with Gasteiger partial charge in [-0.05, 0) is 50.5 Å². The third kappa shape index (κ3) is 5.32. The van der Waals surface area contributed by atoms with Crippen LogP contribution in [-0.2, 0) is 14.8 Å². The molecule has 9 heteroatoms. The molecule has 2 aromatic carbocycles. The summed E-state index contributed by atoms with van der Waals surface area (Å²) < 4.78 is 25.6. The van der Waals surface area contributed by atoms with Crippen molar-refractivity contribution in [2.24, 2.45) is 0 Å². The molecule has 0 aliphatic carbocycles. The van der Waals surface area contributed by atoms with E-state index in [1.165, 1.54) is 25.1 Å². The molecule has 0 aromatic heterocycles. The Morgan fingerprint density at radius 2 is 1.76 bits per heavy atom. The first kappa shape index (κ1) is 22.4. The molecule has 0 radical (unpaired) electrons. The van der Waals surface area contributed by atoms with Gasteiger partial charge in [0, 0.05) is 12.1 Å². The molecule has 0 aliphatic heterocycles. The average Bonchev–Trinajstić information content (AvgIpc) is 2.63. The molecular weight excluding hydrogens is 394 g/mol. The fourth-order valence-electron chi connectivity index (χ4n) is 3.00. The number of sulfonamides is 1. The van der Waals surface area contributed by atoms with Gasteiger partial charge in [-0.15, -0.1) is 0 Å². The molecule has 0 saturated carbocycles. The maximum absolute atomic E-state index is 12.8. The smallest absolute Gasteiger partial charge is 0.271 e. The van der Waals surface area contributed by atoms with Crippen LogP contribution in [0.1, 0.15) is 36.6 Å². The number of nitrogens with zero attached hydrogens (tertiary/aromatic N) is 2. The number of nitrogens with one attached hydrogen (secondary N) is 1. The van der Waals surface area contributed by atoms with Gasteiger partial charge in [0.05, 0.1) is 22.9 Å². The number of hydrogen-bond donors (Lipinski definition) is 1. The largest absolute Gasteiger partial charge is 0.348 e. The number of non-ortho nitro benzene ring substituents is 1. The van der Waals surface area contributed by atoms with Crippen molar-refractivity contribution in [2.45, 2.75) is 39.8 Å². The lowest BCUT2D eigenvalue weighted by Gasteiger charge is -2.29. The molecule has 0 heterocycles. The van der Waals surface area contributed by atoms with E-state index in [9.17, 15) is 23.3 Å². The number of carbonyl (C=O) groups is 1. The Hall–Kier alpha value is -2.94. The molecule has 8 nitrogen and oxygen atoms in total. The molecule has 0 unspecified atom stereocenters. The van der Waals surface area contributed by atoms with Crippen molar-refractivity contribution in [3.63, 3.8) is 0 Å². The van der Waals surface area contributed by atoms with Crippen LogP contribution >= 0.6 is 0 Å². The van der Waals surface area contributed by atoms with Crippen molar-refractivity contribution in [1.82, 2.24) is 5.32 Å². The van der Waals surface area contributed by atoms with Crippen LogP contribution in [0.15, 0.2) is 42.5 Å². The van der Waals surface area contributed by atoms with Crippen molar-refractivity contribution in [3.05, 3.63) is 69.3 Å². The van der Waals surface area contributed by atoms with Gasteiger partial charge in [0.2, 0.25) is 15.9 Å². The van der Waals surface area contributed by atoms with Crippen LogP contribution in [0.4, 0.5) is 11.4 Å². The van der Waals surface area contributed by atoms with E-state index in [2.05, 4.69) is 5.32 Å². The number of aryl methyl sites for hydroxylation is 2. The Labute approximate surface area is 170 Å². The number of amides is 1. The lowest BCUT2D eigenvalue weighted by atomic mass is 10.0. The van der Waals surface area contributed by atoms with Crippen LogP contribution < -0.4 is 9.62 Å². The highest BCUT2D eigenvalue weighted by Gasteiger charge is 2.30. The normalized spacial score (nSPS) is 13.4. The number of nitro groups is 1. The third-order valence-electron chi connectivity index (χ3n) is 4.77. The van der Waals surface area contributed by atoms with Crippen molar-refractivity contribution in [1.29, 1.82) is 0 Å². The van der Waals surface area contributed by atoms with Crippen molar-refractivity contribution in [2.75, 3.05) is 10.6 Å². The zero-order valence-electron chi connectivity index (χ0n) is 17.0. The van der Waals surface area contributed by atoms with Crippen molar-refractivity contribution < 1.29 is 18.1 Å². The van der Waals surface area contributed by atoms with Gasteiger partial charge >= 0.3 is 0 Å². The van der Waals surface area contributed by atoms with Gasteiger partial charge in [0.1, 0.15) is 6.04 Å². The summed E-state index contributed by atoms with van der Waals surface area (Å²) in [5.41, 5.74) is 2.92. The molecule has 0 saturated heterocycles. The molecule has 1 N–H and O–H groups in total. The lowest BCUT2D eigenvalue weighted by Crippen LogP contribution is -2.48. The number of rotatable bonds is 7. The van der Waals surface area contributed by atoms with E-state index in [1.807, 2.05) is 39.0 Å². The second kappa shape index (κ2) is 8.60. The first-order valence-corrected chi connectivity index (χ1v) is 10.9. The number of anilines is 1. The summed E-state index contributed by atoms with van der Waals surface area (Å²) in [6.07, 6.45) is 0.961. The first-order chi connectivity index (χ1) is 13.4. The van der Waals surface area contributed by atoms with E-state index < -0.39 is 26.9 Å². The van der Waals surface area contributed by atoms with E-state index >= 15 is 0 Å². The predicted octanol–water partition coefficient (Wildman–Crippen LogP) is 3.24. The van der Waals surface area contributed by atoms with Gasteiger partial charge in [0.25, 0.3) is 5.69 Å². The number of hydrogen-bond acceptors (Lipinski definition) is 5. The number of carbonyl (C=O) groups excluding carboxylic acids is 1. The quantitative estimate of drug-likeness (QED) is 0.547. The van der Waals surface area contributed by atoms with E-state index in [4.69, 9.17) is 0 Å². The summed E-state index contributed by atoms with van der Waals surface area (Å²) in [5.74, 6) is -0.507. The number of nitro benzene ring substituents is 1. The van der Waals surface area contributed by atoms with E-state index in [0.29, 0.717) is 0 Å². The van der Waals surface area contributed by atoms with Gasteiger partial charge < -0.3 is 5.32 Å². The van der Waals surface area contributed by atoms with Crippen LogP contribution in [0.3, 0.4) is 0 Å². The Morgan fingerprint density at radius 1 is 1.10 bits per heavy atom. The van der Waals surface area contributed by atoms with E-state index in [-0.39, 0.29) is 17.4 Å². The monoisotopic (exact) mass is 419 g/mol. The van der Waals surface area contributed by atoms with E-state index in [1.54, 1.807) is 0 Å². The Balaban J connectivity index is 2.30. The molecule has 2 atom stereocenters. The Bertz CT molecular complexity index is 1040. The molecule has 2 aromatic rings. The summed E-state index contributed by atoms with van der Waals surface area (Å²) in [7, 11) is -3.87. The van der Waals surface area contributed by atoms with E-state index in [0.717, 1.165) is 33.3 Å². The highest BCUT2D eigenvalue weighted by atomic mass is 32.2. The molecule has 0 fully saturated rings. The summed E-state index contributed by atoms with van der Waals surface area (Å²) in [6, 6.07) is 9.61. The molecule has 29 heavy (non-hydrogen) atoms.